The highest BCUT2D eigenvalue weighted by Crippen LogP contribution is 2.11. The summed E-state index contributed by atoms with van der Waals surface area (Å²) in [6.45, 7) is 5.37. The molecule has 0 saturated heterocycles. The zero-order valence-corrected chi connectivity index (χ0v) is 8.19. The van der Waals surface area contributed by atoms with Crippen LogP contribution in [0.4, 0.5) is 0 Å². The number of amides is 1. The highest BCUT2D eigenvalue weighted by Gasteiger charge is 2.05. The van der Waals surface area contributed by atoms with Gasteiger partial charge in [0.2, 0.25) is 0 Å². The first-order chi connectivity index (χ1) is 5.67. The van der Waals surface area contributed by atoms with E-state index < -0.39 is 0 Å². The maximum Gasteiger partial charge on any atom is 0.252 e. The monoisotopic (exact) mass is 183 g/mol. The van der Waals surface area contributed by atoms with Gasteiger partial charge in [0.15, 0.2) is 0 Å². The Morgan fingerprint density at radius 3 is 2.50 bits per heavy atom. The van der Waals surface area contributed by atoms with Crippen molar-refractivity contribution in [2.45, 2.75) is 6.92 Å². The Morgan fingerprint density at radius 2 is 2.17 bits per heavy atom. The summed E-state index contributed by atoms with van der Waals surface area (Å²) < 4.78 is 0. The second kappa shape index (κ2) is 5.66. The lowest BCUT2D eigenvalue weighted by Gasteiger charge is -2.01. The molecule has 0 radical (unpaired) electrons. The maximum atomic E-state index is 11.2. The van der Waals surface area contributed by atoms with Crippen LogP contribution in [0.3, 0.4) is 0 Å². The number of allylic oxidation sites excluding steroid dienone is 2. The molecule has 2 nitrogen and oxygen atoms in total. The molecule has 0 saturated carbocycles. The average molecular weight is 183 g/mol. The molecule has 0 heterocycles. The van der Waals surface area contributed by atoms with E-state index in [2.05, 4.69) is 24.5 Å². The summed E-state index contributed by atoms with van der Waals surface area (Å²) in [5.41, 5.74) is 0.526. The molecular weight excluding hydrogens is 170 g/mol. The number of likely N-dealkylation sites (N-methyl/N-ethyl adjacent to an activating group) is 1. The SMILES string of the molecule is C=C/C(S)=C(\C=C/C)C(=O)NC. The van der Waals surface area contributed by atoms with Gasteiger partial charge in [0.1, 0.15) is 0 Å². The molecule has 1 amide bonds. The molecule has 0 atom stereocenters. The largest absolute Gasteiger partial charge is 0.355 e. The van der Waals surface area contributed by atoms with E-state index in [1.54, 1.807) is 19.2 Å². The van der Waals surface area contributed by atoms with E-state index in [4.69, 9.17) is 0 Å². The van der Waals surface area contributed by atoms with Crippen molar-refractivity contribution < 1.29 is 4.79 Å². The lowest BCUT2D eigenvalue weighted by atomic mass is 10.2. The van der Waals surface area contributed by atoms with E-state index in [0.717, 1.165) is 0 Å². The summed E-state index contributed by atoms with van der Waals surface area (Å²) in [6.07, 6.45) is 5.01. The van der Waals surface area contributed by atoms with E-state index in [-0.39, 0.29) is 5.91 Å². The van der Waals surface area contributed by atoms with Crippen LogP contribution in [0.2, 0.25) is 0 Å². The number of thiol groups is 1. The number of hydrogen-bond donors (Lipinski definition) is 2. The maximum absolute atomic E-state index is 11.2. The van der Waals surface area contributed by atoms with Gasteiger partial charge in [0.05, 0.1) is 5.57 Å². The molecular formula is C9H13NOS. The fraction of sp³-hybridized carbons (Fsp3) is 0.222. The van der Waals surface area contributed by atoms with Gasteiger partial charge in [-0.25, -0.2) is 0 Å². The van der Waals surface area contributed by atoms with Crippen molar-refractivity contribution in [1.82, 2.24) is 5.32 Å². The van der Waals surface area contributed by atoms with Gasteiger partial charge in [-0.3, -0.25) is 4.79 Å². The first kappa shape index (κ1) is 11.0. The highest BCUT2D eigenvalue weighted by atomic mass is 32.1. The molecule has 1 N–H and O–H groups in total. The van der Waals surface area contributed by atoms with Crippen molar-refractivity contribution in [2.75, 3.05) is 7.05 Å². The Hall–Kier alpha value is -0.960. The van der Waals surface area contributed by atoms with Gasteiger partial charge in [-0.05, 0) is 6.92 Å². The first-order valence-corrected chi connectivity index (χ1v) is 4.02. The number of carbonyl (C=O) groups excluding carboxylic acids is 1. The van der Waals surface area contributed by atoms with Crippen LogP contribution < -0.4 is 5.32 Å². The van der Waals surface area contributed by atoms with Crippen molar-refractivity contribution in [3.63, 3.8) is 0 Å². The van der Waals surface area contributed by atoms with Crippen LogP contribution in [0.1, 0.15) is 6.92 Å². The molecule has 3 heteroatoms. The first-order valence-electron chi connectivity index (χ1n) is 3.57. The number of carbonyl (C=O) groups is 1. The van der Waals surface area contributed by atoms with E-state index >= 15 is 0 Å². The van der Waals surface area contributed by atoms with Crippen LogP contribution in [-0.2, 0) is 4.79 Å². The third-order valence-electron chi connectivity index (χ3n) is 1.27. The molecule has 0 unspecified atom stereocenters. The third kappa shape index (κ3) is 2.96. The van der Waals surface area contributed by atoms with Gasteiger partial charge in [0.25, 0.3) is 5.91 Å². The smallest absolute Gasteiger partial charge is 0.252 e. The summed E-state index contributed by atoms with van der Waals surface area (Å²) in [5.74, 6) is -0.155. The molecule has 0 rings (SSSR count). The van der Waals surface area contributed by atoms with Crippen LogP contribution in [0.25, 0.3) is 0 Å². The van der Waals surface area contributed by atoms with E-state index in [9.17, 15) is 4.79 Å². The molecule has 0 aliphatic rings. The van der Waals surface area contributed by atoms with Gasteiger partial charge in [-0.2, -0.15) is 0 Å². The Labute approximate surface area is 78.5 Å². The standard InChI is InChI=1S/C9H13NOS/c1-4-6-7(8(12)5-2)9(11)10-3/h4-6,12H,2H2,1,3H3,(H,10,11)/b6-4-,8-7-. The second-order valence-corrected chi connectivity index (χ2v) is 2.56. The topological polar surface area (TPSA) is 29.1 Å². The third-order valence-corrected chi connectivity index (χ3v) is 1.70. The molecule has 0 fully saturated rings. The van der Waals surface area contributed by atoms with Gasteiger partial charge >= 0.3 is 0 Å². The number of rotatable bonds is 3. The van der Waals surface area contributed by atoms with E-state index in [1.807, 2.05) is 6.92 Å². The Kier molecular flexibility index (Phi) is 5.21. The van der Waals surface area contributed by atoms with Crippen molar-refractivity contribution >= 4 is 18.5 Å². The fourth-order valence-electron chi connectivity index (χ4n) is 0.689. The summed E-state index contributed by atoms with van der Waals surface area (Å²) >= 11 is 4.10. The minimum Gasteiger partial charge on any atom is -0.355 e. The molecule has 12 heavy (non-hydrogen) atoms. The normalized spacial score (nSPS) is 12.6. The van der Waals surface area contributed by atoms with Crippen molar-refractivity contribution in [3.05, 3.63) is 35.3 Å². The number of nitrogens with one attached hydrogen (secondary N) is 1. The van der Waals surface area contributed by atoms with Crippen molar-refractivity contribution in [1.29, 1.82) is 0 Å². The molecule has 0 aromatic heterocycles. The minimum absolute atomic E-state index is 0.155. The Balaban J connectivity index is 4.90. The van der Waals surface area contributed by atoms with Crippen LogP contribution in [-0.4, -0.2) is 13.0 Å². The lowest BCUT2D eigenvalue weighted by molar-refractivity contribution is -0.116. The Morgan fingerprint density at radius 1 is 1.58 bits per heavy atom. The molecule has 66 valence electrons. The van der Waals surface area contributed by atoms with Gasteiger partial charge < -0.3 is 5.32 Å². The molecule has 0 spiro atoms. The molecule has 0 aromatic carbocycles. The Bertz CT molecular complexity index is 241. The number of hydrogen-bond acceptors (Lipinski definition) is 2. The van der Waals surface area contributed by atoms with Crippen molar-refractivity contribution in [3.8, 4) is 0 Å². The predicted octanol–water partition coefficient (Wildman–Crippen LogP) is 1.68. The molecule has 0 aromatic rings. The molecule has 0 bridgehead atoms. The molecule has 0 aliphatic carbocycles. The second-order valence-electron chi connectivity index (χ2n) is 2.08. The van der Waals surface area contributed by atoms with Gasteiger partial charge in [0, 0.05) is 12.0 Å². The highest BCUT2D eigenvalue weighted by molar-refractivity contribution is 7.84. The summed E-state index contributed by atoms with van der Waals surface area (Å²) in [6, 6.07) is 0. The zero-order valence-electron chi connectivity index (χ0n) is 7.29. The zero-order chi connectivity index (χ0) is 9.56. The minimum atomic E-state index is -0.155. The van der Waals surface area contributed by atoms with E-state index in [1.165, 1.54) is 6.08 Å². The quantitative estimate of drug-likeness (QED) is 0.389. The van der Waals surface area contributed by atoms with E-state index in [0.29, 0.717) is 10.5 Å². The summed E-state index contributed by atoms with van der Waals surface area (Å²) in [5, 5.41) is 2.52. The average Bonchev–Trinajstić information content (AvgIpc) is 2.11. The fourth-order valence-corrected chi connectivity index (χ4v) is 0.865. The van der Waals surface area contributed by atoms with Crippen LogP contribution in [0, 0.1) is 0 Å². The van der Waals surface area contributed by atoms with Gasteiger partial charge in [-0.1, -0.05) is 24.8 Å². The van der Waals surface area contributed by atoms with Crippen LogP contribution in [0.15, 0.2) is 35.3 Å². The summed E-state index contributed by atoms with van der Waals surface area (Å²) in [7, 11) is 1.58. The molecule has 0 aliphatic heterocycles. The lowest BCUT2D eigenvalue weighted by Crippen LogP contribution is -2.19. The van der Waals surface area contributed by atoms with Crippen molar-refractivity contribution in [2.24, 2.45) is 0 Å². The van der Waals surface area contributed by atoms with Crippen LogP contribution in [0.5, 0.6) is 0 Å². The van der Waals surface area contributed by atoms with Gasteiger partial charge in [-0.15, -0.1) is 12.6 Å². The predicted molar refractivity (Wildman–Crippen MR) is 55.1 cm³/mol. The summed E-state index contributed by atoms with van der Waals surface area (Å²) in [4.78, 5) is 11.8. The van der Waals surface area contributed by atoms with Crippen LogP contribution >= 0.6 is 12.6 Å².